The number of carbonyl (C=O) groups excluding carboxylic acids is 4. The summed E-state index contributed by atoms with van der Waals surface area (Å²) in [4.78, 5) is 80.5. The van der Waals surface area contributed by atoms with Crippen LogP contribution in [0.4, 0.5) is 0 Å². The Kier molecular flexibility index (Phi) is 16.2. The van der Waals surface area contributed by atoms with Gasteiger partial charge in [-0.2, -0.15) is 0 Å². The monoisotopic (exact) mass is 740 g/mol. The number of benzene rings is 1. The fraction of sp³-hybridized carbons (Fsp3) is 0.543. The van der Waals surface area contributed by atoms with Gasteiger partial charge in [-0.15, -0.1) is 0 Å². The Morgan fingerprint density at radius 3 is 1.68 bits per heavy atom. The number of hydrogen-bond acceptors (Lipinski definition) is 8. The quantitative estimate of drug-likeness (QED) is 0.0503. The number of carbonyl (C=O) groups is 5. The van der Waals surface area contributed by atoms with E-state index in [9.17, 15) is 24.0 Å². The second kappa shape index (κ2) is 19.8. The zero-order valence-electron chi connectivity index (χ0n) is 31.4. The van der Waals surface area contributed by atoms with Gasteiger partial charge in [0.2, 0.25) is 17.7 Å². The van der Waals surface area contributed by atoms with Gasteiger partial charge in [0.1, 0.15) is 24.7 Å². The zero-order valence-corrected chi connectivity index (χ0v) is 31.4. The van der Waals surface area contributed by atoms with Crippen molar-refractivity contribution in [2.24, 2.45) is 32.9 Å². The lowest BCUT2D eigenvalue weighted by Crippen LogP contribution is -2.57. The summed E-state index contributed by atoms with van der Waals surface area (Å²) in [7, 11) is 0. The van der Waals surface area contributed by atoms with Crippen molar-refractivity contribution in [3.05, 3.63) is 53.1 Å². The molecule has 2 rings (SSSR count). The third-order valence-corrected chi connectivity index (χ3v) is 8.10. The standard InChI is InChI=1S/C35H56N12O6/c1-34(2,3)21-13-20(14-22(15-21)35(4,5)6)28(50)47-26(16-23-17-40-19-44-23)31(53)46-25(10-8-12-42-33(38)39)30(52)45-24(9-7-11-41-32(36)37)29(51)43-18-27(48)49/h13-15,17,19,24-26H,7-12,16,18H2,1-6H3,(H,40,44)(H,43,51)(H,45,52)(H,46,53)(H,47,50)(H,48,49)(H4,36,37,41)(H4,38,39,42)/t24-,25-,26-/m0/s1. The van der Waals surface area contributed by atoms with E-state index in [1.54, 1.807) is 12.1 Å². The van der Waals surface area contributed by atoms with E-state index in [4.69, 9.17) is 28.0 Å². The van der Waals surface area contributed by atoms with Crippen LogP contribution in [-0.4, -0.2) is 94.4 Å². The topological polar surface area (TPSA) is 311 Å². The highest BCUT2D eigenvalue weighted by Gasteiger charge is 2.31. The molecule has 0 aliphatic rings. The number of H-pyrrole nitrogens is 1. The summed E-state index contributed by atoms with van der Waals surface area (Å²) in [6, 6.07) is 2.11. The molecule has 0 saturated carbocycles. The summed E-state index contributed by atoms with van der Waals surface area (Å²) in [5.74, 6) is -4.26. The fourth-order valence-electron chi connectivity index (χ4n) is 5.07. The molecule has 292 valence electrons. The molecule has 0 radical (unpaired) electrons. The number of amides is 4. The summed E-state index contributed by atoms with van der Waals surface area (Å²) in [5, 5.41) is 19.5. The highest BCUT2D eigenvalue weighted by atomic mass is 16.4. The molecule has 2 aromatic rings. The van der Waals surface area contributed by atoms with Crippen LogP contribution in [-0.2, 0) is 36.4 Å². The van der Waals surface area contributed by atoms with Gasteiger partial charge in [0.15, 0.2) is 11.9 Å². The number of carboxylic acids is 1. The number of aromatic nitrogens is 2. The molecular formula is C35H56N12O6. The van der Waals surface area contributed by atoms with Crippen molar-refractivity contribution in [1.82, 2.24) is 31.2 Å². The first-order chi connectivity index (χ1) is 24.7. The van der Waals surface area contributed by atoms with Crippen molar-refractivity contribution in [3.63, 3.8) is 0 Å². The second-order valence-electron chi connectivity index (χ2n) is 14.7. The largest absolute Gasteiger partial charge is 0.480 e. The Labute approximate surface area is 309 Å². The molecule has 1 aromatic carbocycles. The zero-order chi connectivity index (χ0) is 39.9. The van der Waals surface area contributed by atoms with Crippen molar-refractivity contribution in [2.45, 2.75) is 103 Å². The molecule has 0 aliphatic heterocycles. The van der Waals surface area contributed by atoms with Crippen LogP contribution in [0.1, 0.15) is 94.4 Å². The lowest BCUT2D eigenvalue weighted by molar-refractivity contribution is -0.138. The number of carboxylic acid groups (broad SMARTS) is 1. The Morgan fingerprint density at radius 1 is 0.755 bits per heavy atom. The number of rotatable bonds is 19. The number of aromatic amines is 1. The van der Waals surface area contributed by atoms with Crippen LogP contribution in [0.25, 0.3) is 0 Å². The Morgan fingerprint density at radius 2 is 1.25 bits per heavy atom. The summed E-state index contributed by atoms with van der Waals surface area (Å²) in [5.41, 5.74) is 24.0. The van der Waals surface area contributed by atoms with Gasteiger partial charge >= 0.3 is 5.97 Å². The molecule has 0 spiro atoms. The minimum Gasteiger partial charge on any atom is -0.480 e. The Hall–Kier alpha value is -5.68. The number of nitrogens with one attached hydrogen (secondary N) is 5. The lowest BCUT2D eigenvalue weighted by atomic mass is 9.79. The Bertz CT molecular complexity index is 1590. The van der Waals surface area contributed by atoms with Gasteiger partial charge in [-0.05, 0) is 59.8 Å². The molecule has 1 aromatic heterocycles. The minimum atomic E-state index is -1.28. The van der Waals surface area contributed by atoms with E-state index in [0.717, 1.165) is 11.1 Å². The molecular weight excluding hydrogens is 684 g/mol. The first kappa shape index (κ1) is 43.5. The highest BCUT2D eigenvalue weighted by Crippen LogP contribution is 2.30. The Balaban J connectivity index is 2.44. The maximum Gasteiger partial charge on any atom is 0.322 e. The normalized spacial score (nSPS) is 13.1. The first-order valence-corrected chi connectivity index (χ1v) is 17.3. The van der Waals surface area contributed by atoms with Crippen molar-refractivity contribution in [3.8, 4) is 0 Å². The van der Waals surface area contributed by atoms with Gasteiger partial charge in [0, 0.05) is 37.0 Å². The smallest absolute Gasteiger partial charge is 0.322 e. The van der Waals surface area contributed by atoms with Gasteiger partial charge < -0.3 is 54.3 Å². The van der Waals surface area contributed by atoms with E-state index in [-0.39, 0.29) is 67.9 Å². The molecule has 0 saturated heterocycles. The van der Waals surface area contributed by atoms with Gasteiger partial charge in [0.05, 0.1) is 6.33 Å². The number of nitrogens with zero attached hydrogens (tertiary/aromatic N) is 3. The van der Waals surface area contributed by atoms with Crippen LogP contribution in [0, 0.1) is 0 Å². The number of nitrogens with two attached hydrogens (primary N) is 4. The lowest BCUT2D eigenvalue weighted by Gasteiger charge is -2.27. The van der Waals surface area contributed by atoms with Crippen LogP contribution >= 0.6 is 0 Å². The third-order valence-electron chi connectivity index (χ3n) is 8.10. The molecule has 1 heterocycles. The first-order valence-electron chi connectivity index (χ1n) is 17.3. The average molecular weight is 741 g/mol. The number of imidazole rings is 1. The number of hydrogen-bond donors (Lipinski definition) is 10. The van der Waals surface area contributed by atoms with E-state index in [2.05, 4.69) is 47.3 Å². The van der Waals surface area contributed by atoms with Crippen LogP contribution < -0.4 is 44.2 Å². The fourth-order valence-corrected chi connectivity index (χ4v) is 5.07. The van der Waals surface area contributed by atoms with Gasteiger partial charge in [0.25, 0.3) is 5.91 Å². The van der Waals surface area contributed by atoms with Crippen molar-refractivity contribution < 1.29 is 29.1 Å². The van der Waals surface area contributed by atoms with E-state index in [1.807, 2.05) is 41.5 Å². The van der Waals surface area contributed by atoms with Crippen LogP contribution in [0.15, 0.2) is 40.7 Å². The molecule has 3 atom stereocenters. The summed E-state index contributed by atoms with van der Waals surface area (Å²) >= 11 is 0. The molecule has 0 fully saturated rings. The highest BCUT2D eigenvalue weighted by molar-refractivity contribution is 5.99. The second-order valence-corrected chi connectivity index (χ2v) is 14.7. The number of guanidine groups is 2. The van der Waals surface area contributed by atoms with Crippen LogP contribution in [0.5, 0.6) is 0 Å². The number of aliphatic imine (C=N–C) groups is 2. The molecule has 18 nitrogen and oxygen atoms in total. The molecule has 4 amide bonds. The molecule has 53 heavy (non-hydrogen) atoms. The van der Waals surface area contributed by atoms with Crippen molar-refractivity contribution in [2.75, 3.05) is 19.6 Å². The SMILES string of the molecule is CC(C)(C)c1cc(C(=O)N[C@@H](Cc2cnc[nH]2)C(=O)N[C@@H](CCCN=C(N)N)C(=O)N[C@@H](CCCN=C(N)N)C(=O)NCC(=O)O)cc(C(C)(C)C)c1. The van der Waals surface area contributed by atoms with E-state index >= 15 is 0 Å². The molecule has 0 aliphatic carbocycles. The summed E-state index contributed by atoms with van der Waals surface area (Å²) < 4.78 is 0. The van der Waals surface area contributed by atoms with Crippen molar-refractivity contribution >= 4 is 41.5 Å². The molecule has 0 bridgehead atoms. The van der Waals surface area contributed by atoms with E-state index in [1.165, 1.54) is 12.5 Å². The maximum absolute atomic E-state index is 14.0. The molecule has 0 unspecified atom stereocenters. The van der Waals surface area contributed by atoms with Gasteiger partial charge in [-0.25, -0.2) is 4.98 Å². The molecule has 14 N–H and O–H groups in total. The minimum absolute atomic E-state index is 0.00993. The number of aliphatic carboxylic acids is 1. The summed E-state index contributed by atoms with van der Waals surface area (Å²) in [6.45, 7) is 11.9. The third kappa shape index (κ3) is 15.6. The predicted octanol–water partition coefficient (Wildman–Crippen LogP) is -0.377. The van der Waals surface area contributed by atoms with Crippen LogP contribution in [0.2, 0.25) is 0 Å². The maximum atomic E-state index is 14.0. The average Bonchev–Trinajstić information content (AvgIpc) is 3.57. The van der Waals surface area contributed by atoms with Crippen LogP contribution in [0.3, 0.4) is 0 Å². The predicted molar refractivity (Wildman–Crippen MR) is 202 cm³/mol. The van der Waals surface area contributed by atoms with Crippen molar-refractivity contribution in [1.29, 1.82) is 0 Å². The van der Waals surface area contributed by atoms with E-state index < -0.39 is 54.3 Å². The molecule has 18 heteroatoms. The van der Waals surface area contributed by atoms with E-state index in [0.29, 0.717) is 11.3 Å². The van der Waals surface area contributed by atoms with Gasteiger partial charge in [-0.1, -0.05) is 47.6 Å². The summed E-state index contributed by atoms with van der Waals surface area (Å²) in [6.07, 6.45) is 3.57. The van der Waals surface area contributed by atoms with Gasteiger partial charge in [-0.3, -0.25) is 34.0 Å².